The number of aryl methyl sites for hydroxylation is 1. The van der Waals surface area contributed by atoms with E-state index in [0.717, 1.165) is 17.5 Å². The Morgan fingerprint density at radius 2 is 1.81 bits per heavy atom. The zero-order valence-electron chi connectivity index (χ0n) is 12.3. The van der Waals surface area contributed by atoms with E-state index in [9.17, 15) is 0 Å². The molecule has 0 aliphatic carbocycles. The van der Waals surface area contributed by atoms with Gasteiger partial charge in [0.25, 0.3) is 0 Å². The Balaban J connectivity index is 2.32. The van der Waals surface area contributed by atoms with Crippen LogP contribution in [0.25, 0.3) is 0 Å². The summed E-state index contributed by atoms with van der Waals surface area (Å²) in [6.45, 7) is 4.70. The van der Waals surface area contributed by atoms with Crippen LogP contribution in [0.4, 0.5) is 0 Å². The largest absolute Gasteiger partial charge is 0.490 e. The lowest BCUT2D eigenvalue weighted by Crippen LogP contribution is -2.11. The number of nitrogens with two attached hydrogens (primary N) is 1. The summed E-state index contributed by atoms with van der Waals surface area (Å²) in [4.78, 5) is 0.320. The third-order valence-electron chi connectivity index (χ3n) is 2.93. The zero-order chi connectivity index (χ0) is 15.2. The second kappa shape index (κ2) is 7.09. The summed E-state index contributed by atoms with van der Waals surface area (Å²) >= 11 is 5.09. The molecule has 0 aromatic heterocycles. The predicted octanol–water partition coefficient (Wildman–Crippen LogP) is 4.21. The van der Waals surface area contributed by atoms with Crippen molar-refractivity contribution in [3.05, 3.63) is 53.6 Å². The van der Waals surface area contributed by atoms with Crippen molar-refractivity contribution in [2.24, 2.45) is 5.73 Å². The highest BCUT2D eigenvalue weighted by atomic mass is 32.1. The van der Waals surface area contributed by atoms with Crippen LogP contribution in [0.2, 0.25) is 0 Å². The van der Waals surface area contributed by atoms with Gasteiger partial charge < -0.3 is 15.2 Å². The van der Waals surface area contributed by atoms with Crippen LogP contribution >= 0.6 is 12.2 Å². The normalized spacial score (nSPS) is 10.2. The number of hydrogen-bond acceptors (Lipinski definition) is 3. The summed E-state index contributed by atoms with van der Waals surface area (Å²) in [5, 5.41) is 0. The van der Waals surface area contributed by atoms with E-state index in [2.05, 4.69) is 6.92 Å². The first-order valence-electron chi connectivity index (χ1n) is 6.92. The molecule has 2 rings (SSSR count). The molecule has 0 aliphatic rings. The van der Waals surface area contributed by atoms with Crippen LogP contribution in [0.1, 0.15) is 24.5 Å². The van der Waals surface area contributed by atoms with E-state index in [1.165, 1.54) is 0 Å². The lowest BCUT2D eigenvalue weighted by atomic mass is 10.1. The van der Waals surface area contributed by atoms with Gasteiger partial charge in [-0.25, -0.2) is 0 Å². The molecule has 2 aromatic carbocycles. The van der Waals surface area contributed by atoms with Crippen molar-refractivity contribution in [1.82, 2.24) is 0 Å². The molecule has 21 heavy (non-hydrogen) atoms. The molecule has 0 unspecified atom stereocenters. The van der Waals surface area contributed by atoms with E-state index in [1.54, 1.807) is 0 Å². The van der Waals surface area contributed by atoms with Crippen LogP contribution < -0.4 is 15.2 Å². The van der Waals surface area contributed by atoms with Crippen molar-refractivity contribution in [3.63, 3.8) is 0 Å². The van der Waals surface area contributed by atoms with Gasteiger partial charge in [-0.05, 0) is 37.6 Å². The number of rotatable bonds is 6. The van der Waals surface area contributed by atoms with Gasteiger partial charge >= 0.3 is 0 Å². The molecule has 0 fully saturated rings. The van der Waals surface area contributed by atoms with Crippen molar-refractivity contribution < 1.29 is 9.47 Å². The molecule has 4 heteroatoms. The summed E-state index contributed by atoms with van der Waals surface area (Å²) in [6.07, 6.45) is 0.941. The van der Waals surface area contributed by atoms with Crippen LogP contribution in [0.3, 0.4) is 0 Å². The fourth-order valence-corrected chi connectivity index (χ4v) is 2.07. The van der Waals surface area contributed by atoms with Crippen molar-refractivity contribution in [3.8, 4) is 17.2 Å². The maximum absolute atomic E-state index is 5.96. The molecule has 2 N–H and O–H groups in total. The molecular formula is C17H19NO2S. The zero-order valence-corrected chi connectivity index (χ0v) is 13.1. The van der Waals surface area contributed by atoms with E-state index >= 15 is 0 Å². The van der Waals surface area contributed by atoms with E-state index in [4.69, 9.17) is 27.4 Å². The summed E-state index contributed by atoms with van der Waals surface area (Å²) in [5.74, 6) is 2.02. The molecule has 0 radical (unpaired) electrons. The average molecular weight is 301 g/mol. The van der Waals surface area contributed by atoms with Crippen LogP contribution in [0.15, 0.2) is 42.5 Å². The monoisotopic (exact) mass is 301 g/mol. The Kier molecular flexibility index (Phi) is 5.17. The Bertz CT molecular complexity index is 640. The highest BCUT2D eigenvalue weighted by molar-refractivity contribution is 7.80. The molecule has 0 aliphatic heterocycles. The Morgan fingerprint density at radius 1 is 1.10 bits per heavy atom. The van der Waals surface area contributed by atoms with Gasteiger partial charge in [0.1, 0.15) is 10.7 Å². The first kappa shape index (κ1) is 15.3. The highest BCUT2D eigenvalue weighted by Crippen LogP contribution is 2.33. The second-order valence-corrected chi connectivity index (χ2v) is 5.20. The number of benzene rings is 2. The molecule has 3 nitrogen and oxygen atoms in total. The fourth-order valence-electron chi connectivity index (χ4n) is 1.91. The minimum absolute atomic E-state index is 0.320. The van der Waals surface area contributed by atoms with Gasteiger partial charge in [-0.15, -0.1) is 0 Å². The van der Waals surface area contributed by atoms with Gasteiger partial charge in [-0.3, -0.25) is 0 Å². The topological polar surface area (TPSA) is 44.5 Å². The maximum Gasteiger partial charge on any atom is 0.169 e. The van der Waals surface area contributed by atoms with Gasteiger partial charge in [-0.1, -0.05) is 42.9 Å². The smallest absolute Gasteiger partial charge is 0.169 e. The van der Waals surface area contributed by atoms with Gasteiger partial charge in [0.15, 0.2) is 11.5 Å². The first-order chi connectivity index (χ1) is 10.1. The van der Waals surface area contributed by atoms with Crippen LogP contribution in [0.5, 0.6) is 17.2 Å². The Labute approximate surface area is 130 Å². The van der Waals surface area contributed by atoms with Gasteiger partial charge in [0, 0.05) is 0 Å². The maximum atomic E-state index is 5.96. The fraction of sp³-hybridized carbons (Fsp3) is 0.235. The highest BCUT2D eigenvalue weighted by Gasteiger charge is 2.11. The molecule has 0 bridgehead atoms. The van der Waals surface area contributed by atoms with Gasteiger partial charge in [0.2, 0.25) is 0 Å². The Hall–Kier alpha value is -2.07. The molecule has 2 aromatic rings. The Morgan fingerprint density at radius 3 is 2.48 bits per heavy atom. The molecule has 0 saturated carbocycles. The molecule has 0 atom stereocenters. The minimum atomic E-state index is 0.320. The summed E-state index contributed by atoms with van der Waals surface area (Å²) in [5.41, 5.74) is 7.59. The summed E-state index contributed by atoms with van der Waals surface area (Å²) < 4.78 is 11.7. The minimum Gasteiger partial charge on any atom is -0.490 e. The summed E-state index contributed by atoms with van der Waals surface area (Å²) in [7, 11) is 0. The third-order valence-corrected chi connectivity index (χ3v) is 3.15. The molecule has 0 spiro atoms. The predicted molar refractivity (Wildman–Crippen MR) is 89.4 cm³/mol. The summed E-state index contributed by atoms with van der Waals surface area (Å²) in [6, 6.07) is 13.3. The molecule has 0 heterocycles. The lowest BCUT2D eigenvalue weighted by molar-refractivity contribution is 0.302. The number of para-hydroxylation sites is 2. The lowest BCUT2D eigenvalue weighted by Gasteiger charge is -2.14. The van der Waals surface area contributed by atoms with Crippen molar-refractivity contribution in [2.45, 2.75) is 20.3 Å². The van der Waals surface area contributed by atoms with Crippen molar-refractivity contribution >= 4 is 17.2 Å². The van der Waals surface area contributed by atoms with Crippen LogP contribution in [0, 0.1) is 6.92 Å². The third kappa shape index (κ3) is 3.95. The van der Waals surface area contributed by atoms with Crippen molar-refractivity contribution in [1.29, 1.82) is 0 Å². The SMILES string of the molecule is CCCOc1ccccc1Oc1ccc(C)cc1C(N)=S. The standard InChI is InChI=1S/C17H19NO2S/c1-3-10-19-15-6-4-5-7-16(15)20-14-9-8-12(2)11-13(14)17(18)21/h4-9,11H,3,10H2,1-2H3,(H2,18,21). The van der Waals surface area contributed by atoms with Crippen LogP contribution in [-0.4, -0.2) is 11.6 Å². The molecular weight excluding hydrogens is 282 g/mol. The molecule has 0 saturated heterocycles. The number of thiocarbonyl (C=S) groups is 1. The second-order valence-electron chi connectivity index (χ2n) is 4.76. The van der Waals surface area contributed by atoms with Gasteiger partial charge in [-0.2, -0.15) is 0 Å². The number of hydrogen-bond donors (Lipinski definition) is 1. The van der Waals surface area contributed by atoms with E-state index in [-0.39, 0.29) is 0 Å². The molecule has 110 valence electrons. The van der Waals surface area contributed by atoms with E-state index in [0.29, 0.717) is 28.8 Å². The van der Waals surface area contributed by atoms with Gasteiger partial charge in [0.05, 0.1) is 12.2 Å². The van der Waals surface area contributed by atoms with E-state index in [1.807, 2.05) is 49.4 Å². The van der Waals surface area contributed by atoms with E-state index < -0.39 is 0 Å². The van der Waals surface area contributed by atoms with Crippen molar-refractivity contribution in [2.75, 3.05) is 6.61 Å². The van der Waals surface area contributed by atoms with Crippen LogP contribution in [-0.2, 0) is 0 Å². The molecule has 0 amide bonds. The average Bonchev–Trinajstić information content (AvgIpc) is 2.48. The quantitative estimate of drug-likeness (QED) is 0.812. The number of ether oxygens (including phenoxy) is 2. The first-order valence-corrected chi connectivity index (χ1v) is 7.32.